The average molecular weight is 255 g/mol. The lowest BCUT2D eigenvalue weighted by molar-refractivity contribution is -0.118. The van der Waals surface area contributed by atoms with Crippen LogP contribution in [0.1, 0.15) is 18.4 Å². The zero-order valence-electron chi connectivity index (χ0n) is 9.84. The molecule has 1 aromatic rings. The highest BCUT2D eigenvalue weighted by molar-refractivity contribution is 6.31. The molecule has 17 heavy (non-hydrogen) atoms. The molecule has 1 amide bonds. The van der Waals surface area contributed by atoms with Crippen LogP contribution >= 0.6 is 11.6 Å². The number of aryl methyl sites for hydroxylation is 1. The second-order valence-corrected chi connectivity index (χ2v) is 4.85. The molecule has 0 heterocycles. The topological polar surface area (TPSA) is 64.3 Å². The van der Waals surface area contributed by atoms with Gasteiger partial charge in [-0.25, -0.2) is 0 Å². The van der Waals surface area contributed by atoms with Crippen molar-refractivity contribution in [2.75, 3.05) is 12.4 Å². The zero-order valence-corrected chi connectivity index (χ0v) is 10.6. The van der Waals surface area contributed by atoms with Gasteiger partial charge >= 0.3 is 0 Å². The maximum absolute atomic E-state index is 11.9. The third-order valence-electron chi connectivity index (χ3n) is 2.93. The summed E-state index contributed by atoms with van der Waals surface area (Å²) in [7, 11) is 1.56. The van der Waals surface area contributed by atoms with Gasteiger partial charge in [-0.3, -0.25) is 4.79 Å². The molecule has 0 radical (unpaired) electrons. The minimum Gasteiger partial charge on any atom is -0.494 e. The quantitative estimate of drug-likeness (QED) is 0.868. The van der Waals surface area contributed by atoms with E-state index in [1.165, 1.54) is 0 Å². The lowest BCUT2D eigenvalue weighted by Crippen LogP contribution is -2.37. The van der Waals surface area contributed by atoms with Gasteiger partial charge in [-0.1, -0.05) is 11.6 Å². The lowest BCUT2D eigenvalue weighted by Gasteiger charge is -2.15. The van der Waals surface area contributed by atoms with Crippen LogP contribution in [0.25, 0.3) is 0 Å². The number of nitrogens with one attached hydrogen (secondary N) is 1. The van der Waals surface area contributed by atoms with Crippen LogP contribution < -0.4 is 15.8 Å². The van der Waals surface area contributed by atoms with E-state index in [4.69, 9.17) is 22.1 Å². The number of carbonyl (C=O) groups excluding carboxylic acids is 1. The summed E-state index contributed by atoms with van der Waals surface area (Å²) in [5.41, 5.74) is 6.55. The second kappa shape index (κ2) is 4.20. The van der Waals surface area contributed by atoms with E-state index in [1.54, 1.807) is 19.2 Å². The highest BCUT2D eigenvalue weighted by atomic mass is 35.5. The Labute approximate surface area is 105 Å². The summed E-state index contributed by atoms with van der Waals surface area (Å²) in [6.45, 7) is 1.87. The van der Waals surface area contributed by atoms with Crippen LogP contribution in [-0.4, -0.2) is 18.6 Å². The molecule has 1 aliphatic rings. The fraction of sp³-hybridized carbons (Fsp3) is 0.417. The first-order valence-corrected chi connectivity index (χ1v) is 5.78. The van der Waals surface area contributed by atoms with E-state index in [9.17, 15) is 4.79 Å². The summed E-state index contributed by atoms with van der Waals surface area (Å²) in [5, 5.41) is 3.33. The van der Waals surface area contributed by atoms with Gasteiger partial charge in [-0.05, 0) is 37.5 Å². The molecule has 0 unspecified atom stereocenters. The first kappa shape index (κ1) is 12.2. The normalized spacial score (nSPS) is 16.5. The molecule has 0 spiro atoms. The molecule has 92 valence electrons. The van der Waals surface area contributed by atoms with E-state index < -0.39 is 5.54 Å². The lowest BCUT2D eigenvalue weighted by atomic mass is 10.1. The highest BCUT2D eigenvalue weighted by Crippen LogP contribution is 2.36. The van der Waals surface area contributed by atoms with Crippen molar-refractivity contribution >= 4 is 23.2 Å². The van der Waals surface area contributed by atoms with Crippen LogP contribution in [0.15, 0.2) is 12.1 Å². The van der Waals surface area contributed by atoms with Crippen LogP contribution in [0.2, 0.25) is 5.02 Å². The molecule has 1 aliphatic carbocycles. The number of rotatable bonds is 3. The first-order valence-electron chi connectivity index (χ1n) is 5.41. The van der Waals surface area contributed by atoms with Gasteiger partial charge < -0.3 is 15.8 Å². The van der Waals surface area contributed by atoms with Crippen molar-refractivity contribution in [3.63, 3.8) is 0 Å². The molecule has 0 aliphatic heterocycles. The van der Waals surface area contributed by atoms with Gasteiger partial charge in [0.05, 0.1) is 18.3 Å². The number of amides is 1. The summed E-state index contributed by atoms with van der Waals surface area (Å²) in [6.07, 6.45) is 1.45. The highest BCUT2D eigenvalue weighted by Gasteiger charge is 2.46. The van der Waals surface area contributed by atoms with Gasteiger partial charge in [0, 0.05) is 5.02 Å². The number of methoxy groups -OCH3 is 1. The molecule has 2 rings (SSSR count). The van der Waals surface area contributed by atoms with Crippen molar-refractivity contribution in [2.45, 2.75) is 25.3 Å². The molecule has 0 bridgehead atoms. The summed E-state index contributed by atoms with van der Waals surface area (Å²) in [4.78, 5) is 11.9. The third kappa shape index (κ3) is 2.37. The maximum atomic E-state index is 11.9. The van der Waals surface area contributed by atoms with Crippen LogP contribution in [0, 0.1) is 6.92 Å². The molecule has 4 nitrogen and oxygen atoms in total. The standard InChI is InChI=1S/C12H15ClN2O2/c1-7-5-8(13)6-9(10(7)17-2)15-11(16)12(14)3-4-12/h5-6H,3-4,14H2,1-2H3,(H,15,16). The third-order valence-corrected chi connectivity index (χ3v) is 3.15. The van der Waals surface area contributed by atoms with Crippen molar-refractivity contribution in [1.82, 2.24) is 0 Å². The van der Waals surface area contributed by atoms with Crippen LogP contribution in [0.4, 0.5) is 5.69 Å². The molecule has 1 aromatic carbocycles. The van der Waals surface area contributed by atoms with E-state index in [0.29, 0.717) is 16.5 Å². The number of carbonyl (C=O) groups is 1. The zero-order chi connectivity index (χ0) is 12.6. The number of nitrogens with two attached hydrogens (primary N) is 1. The molecule has 3 N–H and O–H groups in total. The second-order valence-electron chi connectivity index (χ2n) is 4.41. The van der Waals surface area contributed by atoms with Gasteiger partial charge in [0.15, 0.2) is 0 Å². The fourth-order valence-electron chi connectivity index (χ4n) is 1.70. The maximum Gasteiger partial charge on any atom is 0.244 e. The Morgan fingerprint density at radius 2 is 2.18 bits per heavy atom. The van der Waals surface area contributed by atoms with Gasteiger partial charge in [0.25, 0.3) is 0 Å². The van der Waals surface area contributed by atoms with Gasteiger partial charge in [0.2, 0.25) is 5.91 Å². The van der Waals surface area contributed by atoms with E-state index in [0.717, 1.165) is 18.4 Å². The predicted octanol–water partition coefficient (Wildman–Crippen LogP) is 2.09. The van der Waals surface area contributed by atoms with E-state index >= 15 is 0 Å². The summed E-state index contributed by atoms with van der Waals surface area (Å²) >= 11 is 5.95. The smallest absolute Gasteiger partial charge is 0.244 e. The van der Waals surface area contributed by atoms with E-state index in [-0.39, 0.29) is 5.91 Å². The van der Waals surface area contributed by atoms with Crippen molar-refractivity contribution in [3.05, 3.63) is 22.7 Å². The minimum absolute atomic E-state index is 0.183. The number of anilines is 1. The van der Waals surface area contributed by atoms with Crippen molar-refractivity contribution in [2.24, 2.45) is 5.73 Å². The Morgan fingerprint density at radius 1 is 1.53 bits per heavy atom. The average Bonchev–Trinajstić information content (AvgIpc) is 2.97. The molecule has 0 atom stereocenters. The molecule has 0 aromatic heterocycles. The Hall–Kier alpha value is -1.26. The number of halogens is 1. The summed E-state index contributed by atoms with van der Waals surface area (Å²) < 4.78 is 5.25. The van der Waals surface area contributed by atoms with Gasteiger partial charge in [0.1, 0.15) is 5.75 Å². The Kier molecular flexibility index (Phi) is 3.02. The Morgan fingerprint density at radius 3 is 2.71 bits per heavy atom. The fourth-order valence-corrected chi connectivity index (χ4v) is 1.97. The number of hydrogen-bond acceptors (Lipinski definition) is 3. The van der Waals surface area contributed by atoms with Crippen molar-refractivity contribution in [1.29, 1.82) is 0 Å². The Bertz CT molecular complexity index is 470. The molecule has 1 saturated carbocycles. The largest absolute Gasteiger partial charge is 0.494 e. The van der Waals surface area contributed by atoms with E-state index in [1.807, 2.05) is 6.92 Å². The van der Waals surface area contributed by atoms with Crippen molar-refractivity contribution in [3.8, 4) is 5.75 Å². The number of hydrogen-bond donors (Lipinski definition) is 2. The van der Waals surface area contributed by atoms with Gasteiger partial charge in [-0.15, -0.1) is 0 Å². The number of ether oxygens (including phenoxy) is 1. The monoisotopic (exact) mass is 254 g/mol. The van der Waals surface area contributed by atoms with Crippen LogP contribution in [0.5, 0.6) is 5.75 Å². The SMILES string of the molecule is COc1c(C)cc(Cl)cc1NC(=O)C1(N)CC1. The predicted molar refractivity (Wildman–Crippen MR) is 67.5 cm³/mol. The van der Waals surface area contributed by atoms with Gasteiger partial charge in [-0.2, -0.15) is 0 Å². The molecule has 0 saturated heterocycles. The minimum atomic E-state index is -0.707. The molecule has 5 heteroatoms. The molecular weight excluding hydrogens is 240 g/mol. The summed E-state index contributed by atoms with van der Waals surface area (Å²) in [5.74, 6) is 0.435. The summed E-state index contributed by atoms with van der Waals surface area (Å²) in [6, 6.07) is 3.45. The van der Waals surface area contributed by atoms with Crippen LogP contribution in [0.3, 0.4) is 0 Å². The van der Waals surface area contributed by atoms with Crippen molar-refractivity contribution < 1.29 is 9.53 Å². The van der Waals surface area contributed by atoms with Crippen LogP contribution in [-0.2, 0) is 4.79 Å². The molecule has 1 fully saturated rings. The number of benzene rings is 1. The first-order chi connectivity index (χ1) is 7.96. The van der Waals surface area contributed by atoms with E-state index in [2.05, 4.69) is 5.32 Å². The Balaban J connectivity index is 2.28. The molecular formula is C12H15ClN2O2.